The lowest BCUT2D eigenvalue weighted by Gasteiger charge is -2.44. The van der Waals surface area contributed by atoms with Crippen LogP contribution in [0.15, 0.2) is 48.7 Å². The molecule has 2 aliphatic rings. The molecule has 9 nitrogen and oxygen atoms in total. The molecular formula is C28H36N4O5. The second-order valence-corrected chi connectivity index (χ2v) is 10.8. The van der Waals surface area contributed by atoms with Gasteiger partial charge in [0, 0.05) is 44.1 Å². The Morgan fingerprint density at radius 2 is 1.81 bits per heavy atom. The van der Waals surface area contributed by atoms with Gasteiger partial charge in [0.15, 0.2) is 0 Å². The van der Waals surface area contributed by atoms with Gasteiger partial charge in [-0.2, -0.15) is 0 Å². The van der Waals surface area contributed by atoms with Gasteiger partial charge < -0.3 is 19.7 Å². The smallest absolute Gasteiger partial charge is 0.256 e. The van der Waals surface area contributed by atoms with E-state index >= 15 is 0 Å². The zero-order valence-electron chi connectivity index (χ0n) is 22.0. The molecular weight excluding hydrogens is 472 g/mol. The van der Waals surface area contributed by atoms with Crippen LogP contribution in [0, 0.1) is 5.41 Å². The average molecular weight is 509 g/mol. The number of nitrogens with one attached hydrogen (secondary N) is 1. The number of aromatic nitrogens is 1. The Morgan fingerprint density at radius 1 is 1.11 bits per heavy atom. The van der Waals surface area contributed by atoms with Crippen molar-refractivity contribution < 1.29 is 23.9 Å². The summed E-state index contributed by atoms with van der Waals surface area (Å²) in [6.07, 6.45) is 3.00. The van der Waals surface area contributed by atoms with Crippen LogP contribution in [0.1, 0.15) is 56.1 Å². The van der Waals surface area contributed by atoms with E-state index in [-0.39, 0.29) is 36.3 Å². The fourth-order valence-electron chi connectivity index (χ4n) is 4.91. The van der Waals surface area contributed by atoms with E-state index in [0.717, 1.165) is 5.69 Å². The number of nitrogens with zero attached hydrogens (tertiary/aromatic N) is 3. The van der Waals surface area contributed by atoms with Crippen LogP contribution >= 0.6 is 0 Å². The summed E-state index contributed by atoms with van der Waals surface area (Å²) >= 11 is 0. The minimum atomic E-state index is -0.956. The van der Waals surface area contributed by atoms with Crippen molar-refractivity contribution in [1.29, 1.82) is 0 Å². The molecule has 1 spiro atoms. The van der Waals surface area contributed by atoms with Crippen LogP contribution in [-0.4, -0.2) is 71.1 Å². The van der Waals surface area contributed by atoms with Crippen LogP contribution < -0.4 is 10.1 Å². The highest BCUT2D eigenvalue weighted by molar-refractivity contribution is 5.98. The Balaban J connectivity index is 1.54. The highest BCUT2D eigenvalue weighted by atomic mass is 16.5. The predicted octanol–water partition coefficient (Wildman–Crippen LogP) is 3.00. The van der Waals surface area contributed by atoms with E-state index < -0.39 is 11.8 Å². The molecule has 198 valence electrons. The summed E-state index contributed by atoms with van der Waals surface area (Å²) in [6, 6.07) is 11.5. The van der Waals surface area contributed by atoms with Gasteiger partial charge in [0.25, 0.3) is 5.91 Å². The van der Waals surface area contributed by atoms with Gasteiger partial charge in [-0.25, -0.2) is 0 Å². The van der Waals surface area contributed by atoms with E-state index in [1.165, 1.54) is 0 Å². The zero-order chi connectivity index (χ0) is 26.6. The third-order valence-corrected chi connectivity index (χ3v) is 6.87. The number of rotatable bonds is 6. The van der Waals surface area contributed by atoms with Crippen molar-refractivity contribution in [2.75, 3.05) is 26.8 Å². The van der Waals surface area contributed by atoms with Crippen LogP contribution in [0.4, 0.5) is 0 Å². The van der Waals surface area contributed by atoms with Crippen LogP contribution in [0.3, 0.4) is 0 Å². The highest BCUT2D eigenvalue weighted by Gasteiger charge is 2.54. The molecule has 1 atom stereocenters. The number of hydrogen-bond acceptors (Lipinski definition) is 6. The molecule has 1 N–H and O–H groups in total. The van der Waals surface area contributed by atoms with E-state index in [4.69, 9.17) is 9.47 Å². The summed E-state index contributed by atoms with van der Waals surface area (Å²) in [5, 5.41) is 2.91. The summed E-state index contributed by atoms with van der Waals surface area (Å²) in [5.41, 5.74) is 0.105. The lowest BCUT2D eigenvalue weighted by atomic mass is 9.90. The maximum atomic E-state index is 13.8. The third-order valence-electron chi connectivity index (χ3n) is 6.87. The van der Waals surface area contributed by atoms with E-state index in [0.29, 0.717) is 43.7 Å². The Bertz CT molecular complexity index is 1110. The first kappa shape index (κ1) is 26.6. The van der Waals surface area contributed by atoms with Crippen LogP contribution in [-0.2, 0) is 20.9 Å². The Morgan fingerprint density at radius 3 is 2.41 bits per heavy atom. The standard InChI is InChI=1S/C28H36N4O5/c1-27(2,3)17-24(33)31-15-12-28(13-16-31)32(26(35)20-8-10-22(36-4)11-9-20)23(19-37-28)25(34)30-18-21-7-5-6-14-29-21/h5-11,14,23H,12-13,15-19H2,1-4H3,(H,30,34)/t23-/m1/s1. The molecule has 4 rings (SSSR count). The minimum absolute atomic E-state index is 0.0892. The quantitative estimate of drug-likeness (QED) is 0.644. The van der Waals surface area contributed by atoms with Crippen molar-refractivity contribution >= 4 is 17.7 Å². The minimum Gasteiger partial charge on any atom is -0.497 e. The number of carbonyl (C=O) groups is 3. The van der Waals surface area contributed by atoms with Gasteiger partial charge in [-0.15, -0.1) is 0 Å². The number of hydrogen-bond donors (Lipinski definition) is 1. The molecule has 1 aromatic heterocycles. The van der Waals surface area contributed by atoms with Gasteiger partial charge in [0.05, 0.1) is 26.0 Å². The SMILES string of the molecule is COc1ccc(C(=O)N2[C@@H](C(=O)NCc3ccccn3)COC23CCN(C(=O)CC(C)(C)C)CC3)cc1. The molecule has 0 unspecified atom stereocenters. The first-order valence-electron chi connectivity index (χ1n) is 12.7. The number of carbonyl (C=O) groups excluding carboxylic acids is 3. The predicted molar refractivity (Wildman–Crippen MR) is 138 cm³/mol. The van der Waals surface area contributed by atoms with Crippen molar-refractivity contribution in [2.24, 2.45) is 5.41 Å². The fraction of sp³-hybridized carbons (Fsp3) is 0.500. The van der Waals surface area contributed by atoms with Crippen molar-refractivity contribution in [1.82, 2.24) is 20.1 Å². The topological polar surface area (TPSA) is 101 Å². The lowest BCUT2D eigenvalue weighted by molar-refractivity contribution is -0.145. The molecule has 37 heavy (non-hydrogen) atoms. The molecule has 2 saturated heterocycles. The number of benzene rings is 1. The van der Waals surface area contributed by atoms with Crippen LogP contribution in [0.2, 0.25) is 0 Å². The average Bonchev–Trinajstić information content (AvgIpc) is 3.25. The second kappa shape index (κ2) is 10.9. The lowest BCUT2D eigenvalue weighted by Crippen LogP contribution is -2.59. The maximum Gasteiger partial charge on any atom is 0.256 e. The first-order valence-corrected chi connectivity index (χ1v) is 12.7. The molecule has 1 aromatic carbocycles. The fourth-order valence-corrected chi connectivity index (χ4v) is 4.91. The monoisotopic (exact) mass is 508 g/mol. The second-order valence-electron chi connectivity index (χ2n) is 10.8. The van der Waals surface area contributed by atoms with E-state index in [1.54, 1.807) is 42.5 Å². The number of likely N-dealkylation sites (tertiary alicyclic amines) is 1. The molecule has 0 bridgehead atoms. The summed E-state index contributed by atoms with van der Waals surface area (Å²) in [7, 11) is 1.57. The molecule has 3 heterocycles. The number of pyridine rings is 1. The van der Waals surface area contributed by atoms with Crippen molar-refractivity contribution in [3.63, 3.8) is 0 Å². The molecule has 9 heteroatoms. The van der Waals surface area contributed by atoms with Gasteiger partial charge >= 0.3 is 0 Å². The number of amides is 3. The van der Waals surface area contributed by atoms with Crippen molar-refractivity contribution in [3.8, 4) is 5.75 Å². The van der Waals surface area contributed by atoms with Crippen molar-refractivity contribution in [2.45, 2.75) is 58.3 Å². The number of ether oxygens (including phenoxy) is 2. The zero-order valence-corrected chi connectivity index (χ0v) is 22.0. The molecule has 0 saturated carbocycles. The third kappa shape index (κ3) is 6.10. The molecule has 2 aliphatic heterocycles. The van der Waals surface area contributed by atoms with Gasteiger partial charge in [-0.05, 0) is 41.8 Å². The van der Waals surface area contributed by atoms with E-state index in [1.807, 2.05) is 43.9 Å². The molecule has 0 aliphatic carbocycles. The van der Waals surface area contributed by atoms with E-state index in [9.17, 15) is 14.4 Å². The van der Waals surface area contributed by atoms with E-state index in [2.05, 4.69) is 10.3 Å². The van der Waals surface area contributed by atoms with Crippen LogP contribution in [0.25, 0.3) is 0 Å². The molecule has 0 radical (unpaired) electrons. The van der Waals surface area contributed by atoms with Gasteiger partial charge in [-0.1, -0.05) is 26.8 Å². The summed E-state index contributed by atoms with van der Waals surface area (Å²) in [5.74, 6) is 0.153. The maximum absolute atomic E-state index is 13.8. The largest absolute Gasteiger partial charge is 0.497 e. The Kier molecular flexibility index (Phi) is 7.82. The molecule has 2 aromatic rings. The van der Waals surface area contributed by atoms with Gasteiger partial charge in [0.1, 0.15) is 17.5 Å². The molecule has 3 amide bonds. The Labute approximate surface area is 218 Å². The van der Waals surface area contributed by atoms with Crippen LogP contribution in [0.5, 0.6) is 5.75 Å². The normalized spacial score (nSPS) is 19.1. The number of methoxy groups -OCH3 is 1. The summed E-state index contributed by atoms with van der Waals surface area (Å²) < 4.78 is 11.5. The van der Waals surface area contributed by atoms with Gasteiger partial charge in [-0.3, -0.25) is 24.3 Å². The Hall–Kier alpha value is -3.46. The summed E-state index contributed by atoms with van der Waals surface area (Å²) in [4.78, 5) is 47.7. The highest BCUT2D eigenvalue weighted by Crippen LogP contribution is 2.39. The number of piperidine rings is 1. The van der Waals surface area contributed by atoms with Gasteiger partial charge in [0.2, 0.25) is 11.8 Å². The van der Waals surface area contributed by atoms with Crippen molar-refractivity contribution in [3.05, 3.63) is 59.9 Å². The molecule has 2 fully saturated rings. The first-order chi connectivity index (χ1) is 17.6. The summed E-state index contributed by atoms with van der Waals surface area (Å²) in [6.45, 7) is 7.39.